The van der Waals surface area contributed by atoms with Crippen LogP contribution in [0.25, 0.3) is 5.69 Å². The van der Waals surface area contributed by atoms with Crippen LogP contribution < -0.4 is 5.32 Å². The van der Waals surface area contributed by atoms with Gasteiger partial charge in [0.15, 0.2) is 0 Å². The molecule has 3 rings (SSSR count). The summed E-state index contributed by atoms with van der Waals surface area (Å²) < 4.78 is 1.77. The molecule has 1 aromatic carbocycles. The molecule has 23 heavy (non-hydrogen) atoms. The lowest BCUT2D eigenvalue weighted by Crippen LogP contribution is -2.44. The summed E-state index contributed by atoms with van der Waals surface area (Å²) in [6, 6.07) is 9.24. The fourth-order valence-corrected chi connectivity index (χ4v) is 2.73. The summed E-state index contributed by atoms with van der Waals surface area (Å²) >= 11 is 0. The Morgan fingerprint density at radius 3 is 2.78 bits per heavy atom. The van der Waals surface area contributed by atoms with Crippen molar-refractivity contribution in [3.8, 4) is 5.69 Å². The minimum Gasteiger partial charge on any atom is -0.481 e. The van der Waals surface area contributed by atoms with E-state index in [1.807, 2.05) is 30.3 Å². The Labute approximate surface area is 133 Å². The van der Waals surface area contributed by atoms with Crippen LogP contribution in [0, 0.1) is 5.92 Å². The molecule has 1 aliphatic rings. The van der Waals surface area contributed by atoms with Gasteiger partial charge in [0.05, 0.1) is 5.92 Å². The molecule has 1 fully saturated rings. The third-order valence-corrected chi connectivity index (χ3v) is 3.95. The lowest BCUT2D eigenvalue weighted by Gasteiger charge is -2.30. The fourth-order valence-electron chi connectivity index (χ4n) is 2.73. The first-order chi connectivity index (χ1) is 11.1. The standard InChI is InChI=1S/C16H18N4O3/c21-14(22)12-5-4-9-19(11-12)16(23)18-15-17-8-10-20(15)13-6-2-1-3-7-13/h1-3,6-8,10,12H,4-5,9,11H2,(H,21,22)(H,17,18,23). The van der Waals surface area contributed by atoms with Gasteiger partial charge in [-0.3, -0.25) is 14.7 Å². The van der Waals surface area contributed by atoms with Crippen LogP contribution in [0.1, 0.15) is 12.8 Å². The second-order valence-corrected chi connectivity index (χ2v) is 5.51. The van der Waals surface area contributed by atoms with Gasteiger partial charge < -0.3 is 10.0 Å². The molecule has 0 spiro atoms. The molecule has 2 heterocycles. The van der Waals surface area contributed by atoms with Crippen molar-refractivity contribution in [2.24, 2.45) is 5.92 Å². The monoisotopic (exact) mass is 314 g/mol. The fraction of sp³-hybridized carbons (Fsp3) is 0.312. The molecule has 7 nitrogen and oxygen atoms in total. The summed E-state index contributed by atoms with van der Waals surface area (Å²) in [5.41, 5.74) is 0.891. The van der Waals surface area contributed by atoms with E-state index in [0.717, 1.165) is 5.69 Å². The van der Waals surface area contributed by atoms with Gasteiger partial charge in [0.1, 0.15) is 0 Å². The van der Waals surface area contributed by atoms with Gasteiger partial charge in [-0.1, -0.05) is 18.2 Å². The molecule has 120 valence electrons. The van der Waals surface area contributed by atoms with E-state index in [0.29, 0.717) is 25.3 Å². The molecule has 0 radical (unpaired) electrons. The Hall–Kier alpha value is -2.83. The first-order valence-corrected chi connectivity index (χ1v) is 7.52. The number of nitrogens with one attached hydrogen (secondary N) is 1. The van der Waals surface area contributed by atoms with Crippen LogP contribution in [0.5, 0.6) is 0 Å². The van der Waals surface area contributed by atoms with E-state index in [2.05, 4.69) is 10.3 Å². The van der Waals surface area contributed by atoms with Gasteiger partial charge in [-0.05, 0) is 25.0 Å². The van der Waals surface area contributed by atoms with Gasteiger partial charge in [-0.15, -0.1) is 0 Å². The third kappa shape index (κ3) is 3.33. The van der Waals surface area contributed by atoms with Crippen molar-refractivity contribution in [3.63, 3.8) is 0 Å². The van der Waals surface area contributed by atoms with Gasteiger partial charge in [-0.2, -0.15) is 0 Å². The topological polar surface area (TPSA) is 87.5 Å². The SMILES string of the molecule is O=C(O)C1CCCN(C(=O)Nc2nccn2-c2ccccc2)C1. The average Bonchev–Trinajstić information content (AvgIpc) is 3.04. The predicted molar refractivity (Wildman–Crippen MR) is 84.5 cm³/mol. The Bertz CT molecular complexity index is 698. The van der Waals surface area contributed by atoms with Crippen LogP contribution in [0.3, 0.4) is 0 Å². The van der Waals surface area contributed by atoms with E-state index >= 15 is 0 Å². The molecule has 1 aromatic heterocycles. The number of carboxylic acids is 1. The molecular formula is C16H18N4O3. The van der Waals surface area contributed by atoms with Crippen LogP contribution >= 0.6 is 0 Å². The number of imidazole rings is 1. The highest BCUT2D eigenvalue weighted by Gasteiger charge is 2.28. The third-order valence-electron chi connectivity index (χ3n) is 3.95. The maximum absolute atomic E-state index is 12.4. The molecule has 1 aliphatic heterocycles. The second-order valence-electron chi connectivity index (χ2n) is 5.51. The molecule has 2 N–H and O–H groups in total. The van der Waals surface area contributed by atoms with Gasteiger partial charge in [0.25, 0.3) is 0 Å². The summed E-state index contributed by atoms with van der Waals surface area (Å²) in [4.78, 5) is 29.2. The minimum atomic E-state index is -0.853. The number of hydrogen-bond acceptors (Lipinski definition) is 3. The van der Waals surface area contributed by atoms with E-state index in [1.165, 1.54) is 4.90 Å². The number of hydrogen-bond donors (Lipinski definition) is 2. The molecule has 0 aliphatic carbocycles. The second kappa shape index (κ2) is 6.51. The Morgan fingerprint density at radius 2 is 2.04 bits per heavy atom. The molecule has 1 unspecified atom stereocenters. The van der Waals surface area contributed by atoms with E-state index in [1.54, 1.807) is 17.0 Å². The molecular weight excluding hydrogens is 296 g/mol. The first kappa shape index (κ1) is 15.1. The maximum Gasteiger partial charge on any atom is 0.324 e. The number of para-hydroxylation sites is 1. The highest BCUT2D eigenvalue weighted by atomic mass is 16.4. The normalized spacial score (nSPS) is 17.7. The van der Waals surface area contributed by atoms with Gasteiger partial charge in [-0.25, -0.2) is 9.78 Å². The number of carbonyl (C=O) groups excluding carboxylic acids is 1. The lowest BCUT2D eigenvalue weighted by molar-refractivity contribution is -0.143. The molecule has 0 bridgehead atoms. The number of likely N-dealkylation sites (tertiary alicyclic amines) is 1. The number of rotatable bonds is 3. The van der Waals surface area contributed by atoms with E-state index in [4.69, 9.17) is 5.11 Å². The van der Waals surface area contributed by atoms with Crippen LogP contribution in [-0.4, -0.2) is 44.6 Å². The minimum absolute atomic E-state index is 0.229. The number of carbonyl (C=O) groups is 2. The molecule has 2 amide bonds. The molecule has 1 atom stereocenters. The average molecular weight is 314 g/mol. The summed E-state index contributed by atoms with van der Waals surface area (Å²) in [6.45, 7) is 0.787. The summed E-state index contributed by atoms with van der Waals surface area (Å²) in [5.74, 6) is -0.935. The number of nitrogens with zero attached hydrogens (tertiary/aromatic N) is 3. The Kier molecular flexibility index (Phi) is 4.27. The number of benzene rings is 1. The number of carboxylic acid groups (broad SMARTS) is 1. The number of aliphatic carboxylic acids is 1. The van der Waals surface area contributed by atoms with Gasteiger partial charge in [0.2, 0.25) is 5.95 Å². The summed E-state index contributed by atoms with van der Waals surface area (Å²) in [6.07, 6.45) is 4.68. The maximum atomic E-state index is 12.4. The van der Waals surface area contributed by atoms with Gasteiger partial charge >= 0.3 is 12.0 Å². The van der Waals surface area contributed by atoms with Gasteiger partial charge in [0, 0.05) is 31.2 Å². The van der Waals surface area contributed by atoms with E-state index < -0.39 is 11.9 Å². The highest BCUT2D eigenvalue weighted by molar-refractivity contribution is 5.88. The van der Waals surface area contributed by atoms with Crippen LogP contribution in [0.4, 0.5) is 10.7 Å². The molecule has 0 saturated carbocycles. The van der Waals surface area contributed by atoms with Crippen molar-refractivity contribution in [2.75, 3.05) is 18.4 Å². The highest BCUT2D eigenvalue weighted by Crippen LogP contribution is 2.19. The van der Waals surface area contributed by atoms with Crippen molar-refractivity contribution >= 4 is 17.9 Å². The van der Waals surface area contributed by atoms with Crippen molar-refractivity contribution in [1.29, 1.82) is 0 Å². The lowest BCUT2D eigenvalue weighted by atomic mass is 9.99. The number of piperidine rings is 1. The molecule has 1 saturated heterocycles. The Balaban J connectivity index is 1.72. The van der Waals surface area contributed by atoms with Crippen molar-refractivity contribution in [1.82, 2.24) is 14.5 Å². The smallest absolute Gasteiger partial charge is 0.324 e. The number of urea groups is 1. The first-order valence-electron chi connectivity index (χ1n) is 7.52. The van der Waals surface area contributed by atoms with Crippen LogP contribution in [0.15, 0.2) is 42.7 Å². The molecule has 7 heteroatoms. The number of aromatic nitrogens is 2. The van der Waals surface area contributed by atoms with E-state index in [9.17, 15) is 9.59 Å². The van der Waals surface area contributed by atoms with Crippen LogP contribution in [-0.2, 0) is 4.79 Å². The summed E-state index contributed by atoms with van der Waals surface area (Å²) in [5, 5.41) is 11.9. The predicted octanol–water partition coefficient (Wildman–Crippen LogP) is 2.20. The largest absolute Gasteiger partial charge is 0.481 e. The number of anilines is 1. The zero-order chi connectivity index (χ0) is 16.2. The number of amides is 2. The quantitative estimate of drug-likeness (QED) is 0.909. The zero-order valence-electron chi connectivity index (χ0n) is 12.6. The molecule has 2 aromatic rings. The Morgan fingerprint density at radius 1 is 1.26 bits per heavy atom. The van der Waals surface area contributed by atoms with Crippen molar-refractivity contribution in [2.45, 2.75) is 12.8 Å². The van der Waals surface area contributed by atoms with Crippen molar-refractivity contribution in [3.05, 3.63) is 42.7 Å². The van der Waals surface area contributed by atoms with E-state index in [-0.39, 0.29) is 12.6 Å². The summed E-state index contributed by atoms with van der Waals surface area (Å²) in [7, 11) is 0. The zero-order valence-corrected chi connectivity index (χ0v) is 12.6. The van der Waals surface area contributed by atoms with Crippen molar-refractivity contribution < 1.29 is 14.7 Å². The van der Waals surface area contributed by atoms with Crippen LogP contribution in [0.2, 0.25) is 0 Å².